The van der Waals surface area contributed by atoms with Crippen LogP contribution in [0.5, 0.6) is 5.75 Å². The monoisotopic (exact) mass is 397 g/mol. The van der Waals surface area contributed by atoms with Crippen molar-refractivity contribution >= 4 is 22.0 Å². The Kier molecular flexibility index (Phi) is 5.93. The van der Waals surface area contributed by atoms with Crippen LogP contribution in [-0.4, -0.2) is 14.4 Å². The maximum atomic E-state index is 12.6. The van der Waals surface area contributed by atoms with Crippen molar-refractivity contribution in [2.45, 2.75) is 6.04 Å². The topological polar surface area (TPSA) is 111 Å². The third-order valence-corrected chi connectivity index (χ3v) is 4.29. The number of hydrogen-bond donors (Lipinski definition) is 3. The molecule has 0 aromatic heterocycles. The number of nitrogens with one attached hydrogen (secondary N) is 2. The molecule has 3 aromatic carbocycles. The van der Waals surface area contributed by atoms with Gasteiger partial charge < -0.3 is 14.8 Å². The van der Waals surface area contributed by atoms with Gasteiger partial charge in [-0.15, -0.1) is 0 Å². The van der Waals surface area contributed by atoms with Crippen LogP contribution in [0.15, 0.2) is 84.9 Å². The molecular weight excluding hydrogens is 378 g/mol. The van der Waals surface area contributed by atoms with Crippen molar-refractivity contribution in [3.8, 4) is 5.75 Å². The van der Waals surface area contributed by atoms with Gasteiger partial charge in [0.25, 0.3) is 0 Å². The summed E-state index contributed by atoms with van der Waals surface area (Å²) in [5, 5.41) is 10.4. The molecule has 4 N–H and O–H groups in total. The van der Waals surface area contributed by atoms with Crippen molar-refractivity contribution < 1.29 is 17.4 Å². The first-order valence-electron chi connectivity index (χ1n) is 8.41. The van der Waals surface area contributed by atoms with Crippen LogP contribution in [0.2, 0.25) is 0 Å². The van der Waals surface area contributed by atoms with Gasteiger partial charge in [0.2, 0.25) is 0 Å². The summed E-state index contributed by atoms with van der Waals surface area (Å²) in [4.78, 5) is 12.6. The van der Waals surface area contributed by atoms with Gasteiger partial charge in [0.05, 0.1) is 11.7 Å². The second kappa shape index (κ2) is 8.55. The predicted octanol–water partition coefficient (Wildman–Crippen LogP) is 3.18. The van der Waals surface area contributed by atoms with Gasteiger partial charge in [-0.3, -0.25) is 0 Å². The van der Waals surface area contributed by atoms with Crippen molar-refractivity contribution in [3.63, 3.8) is 0 Å². The van der Waals surface area contributed by atoms with E-state index in [9.17, 15) is 13.2 Å². The summed E-state index contributed by atoms with van der Waals surface area (Å²) in [6.45, 7) is 0. The molecule has 0 aliphatic carbocycles. The summed E-state index contributed by atoms with van der Waals surface area (Å²) in [5.41, 5.74) is 1.98. The zero-order valence-electron chi connectivity index (χ0n) is 14.8. The maximum absolute atomic E-state index is 12.6. The molecule has 0 fully saturated rings. The van der Waals surface area contributed by atoms with Crippen LogP contribution >= 0.6 is 0 Å². The summed E-state index contributed by atoms with van der Waals surface area (Å²) >= 11 is 0. The summed E-state index contributed by atoms with van der Waals surface area (Å²) < 4.78 is 27.1. The molecule has 0 aliphatic rings. The normalized spacial score (nSPS) is 11.1. The van der Waals surface area contributed by atoms with Gasteiger partial charge in [0.1, 0.15) is 0 Å². The van der Waals surface area contributed by atoms with E-state index in [1.165, 1.54) is 12.1 Å². The Morgan fingerprint density at radius 3 is 1.86 bits per heavy atom. The van der Waals surface area contributed by atoms with Crippen LogP contribution in [0.25, 0.3) is 0 Å². The molecule has 0 aliphatic heterocycles. The fourth-order valence-corrected chi connectivity index (χ4v) is 3.10. The number of carbonyl (C=O) groups excluding carboxylic acids is 1. The molecule has 3 aromatic rings. The van der Waals surface area contributed by atoms with E-state index < -0.39 is 22.4 Å². The predicted molar refractivity (Wildman–Crippen MR) is 107 cm³/mol. The zero-order chi connectivity index (χ0) is 20.0. The molecule has 2 amide bonds. The molecule has 144 valence electrons. The van der Waals surface area contributed by atoms with Crippen LogP contribution in [0.4, 0.5) is 10.5 Å². The number of urea groups is 1. The molecule has 28 heavy (non-hydrogen) atoms. The van der Waals surface area contributed by atoms with E-state index in [0.29, 0.717) is 0 Å². The minimum Gasteiger partial charge on any atom is -0.369 e. The summed E-state index contributed by atoms with van der Waals surface area (Å²) in [5.74, 6) is -0.0730. The third-order valence-electron chi connectivity index (χ3n) is 3.88. The first-order valence-corrected chi connectivity index (χ1v) is 9.88. The minimum atomic E-state index is -4.22. The third kappa shape index (κ3) is 5.32. The van der Waals surface area contributed by atoms with Gasteiger partial charge in [-0.1, -0.05) is 72.8 Å². The second-order valence-corrected chi connectivity index (χ2v) is 7.08. The number of anilines is 1. The fourth-order valence-electron chi connectivity index (χ4n) is 2.71. The van der Waals surface area contributed by atoms with Crippen LogP contribution in [0, 0.1) is 0 Å². The van der Waals surface area contributed by atoms with E-state index in [-0.39, 0.29) is 11.4 Å². The SMILES string of the molecule is NS(=O)(=O)Oc1ccccc1NC(=O)NC(c1ccccc1)c1ccccc1. The van der Waals surface area contributed by atoms with Gasteiger partial charge in [0, 0.05) is 0 Å². The second-order valence-electron chi connectivity index (χ2n) is 5.93. The van der Waals surface area contributed by atoms with E-state index in [4.69, 9.17) is 9.32 Å². The standard InChI is InChI=1S/C20H19N3O4S/c21-28(25,26)27-18-14-8-7-13-17(18)22-20(24)23-19(15-9-3-1-4-10-15)16-11-5-2-6-12-16/h1-14,19H,(H2,21,25,26)(H2,22,23,24). The van der Waals surface area contributed by atoms with Crippen molar-refractivity contribution in [3.05, 3.63) is 96.1 Å². The first kappa shape index (κ1) is 19.4. The smallest absolute Gasteiger partial charge is 0.369 e. The average Bonchev–Trinajstić information content (AvgIpc) is 2.68. The Morgan fingerprint density at radius 1 is 0.821 bits per heavy atom. The lowest BCUT2D eigenvalue weighted by atomic mass is 9.99. The van der Waals surface area contributed by atoms with Gasteiger partial charge in [-0.05, 0) is 23.3 Å². The summed E-state index contributed by atoms with van der Waals surface area (Å²) in [7, 11) is -4.22. The lowest BCUT2D eigenvalue weighted by Gasteiger charge is -2.20. The summed E-state index contributed by atoms with van der Waals surface area (Å²) in [6, 6.07) is 24.2. The van der Waals surface area contributed by atoms with Crippen LogP contribution in [0.3, 0.4) is 0 Å². The zero-order valence-corrected chi connectivity index (χ0v) is 15.6. The Labute approximate surface area is 163 Å². The first-order chi connectivity index (χ1) is 13.4. The molecule has 0 radical (unpaired) electrons. The summed E-state index contributed by atoms with van der Waals surface area (Å²) in [6.07, 6.45) is 0. The highest BCUT2D eigenvalue weighted by Crippen LogP contribution is 2.26. The Morgan fingerprint density at radius 2 is 1.32 bits per heavy atom. The largest absolute Gasteiger partial charge is 0.380 e. The molecule has 0 unspecified atom stereocenters. The molecular formula is C20H19N3O4S. The molecule has 0 heterocycles. The van der Waals surface area contributed by atoms with E-state index in [1.54, 1.807) is 12.1 Å². The maximum Gasteiger partial charge on any atom is 0.380 e. The molecule has 0 saturated carbocycles. The average molecular weight is 397 g/mol. The number of benzene rings is 3. The molecule has 0 saturated heterocycles. The lowest BCUT2D eigenvalue weighted by molar-refractivity contribution is 0.250. The number of para-hydroxylation sites is 2. The highest BCUT2D eigenvalue weighted by Gasteiger charge is 2.18. The highest BCUT2D eigenvalue weighted by molar-refractivity contribution is 7.84. The Bertz CT molecular complexity index is 1000. The van der Waals surface area contributed by atoms with E-state index >= 15 is 0 Å². The lowest BCUT2D eigenvalue weighted by Crippen LogP contribution is -2.33. The van der Waals surface area contributed by atoms with Crippen molar-refractivity contribution in [2.75, 3.05) is 5.32 Å². The van der Waals surface area contributed by atoms with Crippen molar-refractivity contribution in [1.29, 1.82) is 0 Å². The van der Waals surface area contributed by atoms with Crippen LogP contribution in [0.1, 0.15) is 17.2 Å². The number of hydrogen-bond acceptors (Lipinski definition) is 4. The fraction of sp³-hybridized carbons (Fsp3) is 0.0500. The number of nitrogens with two attached hydrogens (primary N) is 1. The highest BCUT2D eigenvalue weighted by atomic mass is 32.2. The van der Waals surface area contributed by atoms with Crippen LogP contribution < -0.4 is 20.0 Å². The van der Waals surface area contributed by atoms with Crippen molar-refractivity contribution in [2.24, 2.45) is 5.14 Å². The Hall–Kier alpha value is -3.36. The van der Waals surface area contributed by atoms with E-state index in [2.05, 4.69) is 10.6 Å². The van der Waals surface area contributed by atoms with Gasteiger partial charge in [-0.2, -0.15) is 13.6 Å². The van der Waals surface area contributed by atoms with Gasteiger partial charge in [-0.25, -0.2) is 4.79 Å². The minimum absolute atomic E-state index is 0.0730. The number of carbonyl (C=O) groups is 1. The molecule has 3 rings (SSSR count). The molecule has 0 spiro atoms. The van der Waals surface area contributed by atoms with E-state index in [1.807, 2.05) is 60.7 Å². The number of rotatable bonds is 6. The molecule has 0 bridgehead atoms. The van der Waals surface area contributed by atoms with E-state index in [0.717, 1.165) is 11.1 Å². The van der Waals surface area contributed by atoms with Gasteiger partial charge >= 0.3 is 16.3 Å². The van der Waals surface area contributed by atoms with Gasteiger partial charge in [0.15, 0.2) is 5.75 Å². The quantitative estimate of drug-likeness (QED) is 0.593. The Balaban J connectivity index is 1.82. The molecule has 8 heteroatoms. The van der Waals surface area contributed by atoms with Crippen molar-refractivity contribution in [1.82, 2.24) is 5.32 Å². The molecule has 7 nitrogen and oxygen atoms in total. The molecule has 0 atom stereocenters. The van der Waals surface area contributed by atoms with Crippen LogP contribution in [-0.2, 0) is 10.3 Å². The number of amides is 2.